The molecule has 5 nitrogen and oxygen atoms in total. The average Bonchev–Trinajstić information content (AvgIpc) is 2.98. The predicted molar refractivity (Wildman–Crippen MR) is 97.4 cm³/mol. The Labute approximate surface area is 153 Å². The van der Waals surface area contributed by atoms with Gasteiger partial charge in [0.25, 0.3) is 10.0 Å². The minimum Gasteiger partial charge on any atom is -0.312 e. The van der Waals surface area contributed by atoms with Crippen LogP contribution in [0.2, 0.25) is 0 Å². The molecule has 1 aromatic heterocycles. The third kappa shape index (κ3) is 4.08. The molecule has 2 aromatic carbocycles. The van der Waals surface area contributed by atoms with Crippen LogP contribution in [0.25, 0.3) is 0 Å². The fourth-order valence-electron chi connectivity index (χ4n) is 2.29. The zero-order valence-electron chi connectivity index (χ0n) is 13.3. The zero-order valence-corrected chi connectivity index (χ0v) is 15.7. The predicted octanol–water partition coefficient (Wildman–Crippen LogP) is 3.94. The van der Waals surface area contributed by atoms with E-state index in [0.29, 0.717) is 6.54 Å². The first-order chi connectivity index (χ1) is 11.8. The fourth-order valence-corrected chi connectivity index (χ4v) is 3.66. The Hall–Kier alpha value is -2.19. The number of rotatable bonds is 5. The number of sulfonamides is 1. The number of aromatic nitrogens is 2. The molecule has 0 aliphatic heterocycles. The van der Waals surface area contributed by atoms with Crippen molar-refractivity contribution in [3.05, 3.63) is 76.3 Å². The second kappa shape index (κ2) is 6.97. The Morgan fingerprint density at radius 2 is 1.92 bits per heavy atom. The van der Waals surface area contributed by atoms with Gasteiger partial charge >= 0.3 is 0 Å². The highest BCUT2D eigenvalue weighted by atomic mass is 79.9. The van der Waals surface area contributed by atoms with Crippen molar-refractivity contribution in [1.82, 2.24) is 9.55 Å². The van der Waals surface area contributed by atoms with Crippen LogP contribution in [0.5, 0.6) is 0 Å². The fraction of sp³-hybridized carbons (Fsp3) is 0.118. The molecule has 0 fully saturated rings. The third-order valence-electron chi connectivity index (χ3n) is 3.65. The number of benzene rings is 2. The summed E-state index contributed by atoms with van der Waals surface area (Å²) in [6, 6.07) is 11.4. The first-order valence-electron chi connectivity index (χ1n) is 7.40. The summed E-state index contributed by atoms with van der Waals surface area (Å²) in [5.41, 5.74) is 1.26. The molecule has 1 heterocycles. The number of anilines is 1. The molecule has 3 rings (SSSR count). The van der Waals surface area contributed by atoms with E-state index in [1.54, 1.807) is 10.8 Å². The molecule has 0 saturated carbocycles. The van der Waals surface area contributed by atoms with Crippen LogP contribution in [-0.2, 0) is 16.6 Å². The lowest BCUT2D eigenvalue weighted by Crippen LogP contribution is -2.17. The first kappa shape index (κ1) is 17.6. The van der Waals surface area contributed by atoms with E-state index in [1.165, 1.54) is 25.3 Å². The normalized spacial score (nSPS) is 11.5. The number of halogens is 2. The summed E-state index contributed by atoms with van der Waals surface area (Å²) < 4.78 is 43.5. The summed E-state index contributed by atoms with van der Waals surface area (Å²) in [6.07, 6.45) is 3.21. The maximum absolute atomic E-state index is 13.4. The topological polar surface area (TPSA) is 64.0 Å². The Morgan fingerprint density at radius 3 is 2.60 bits per heavy atom. The van der Waals surface area contributed by atoms with Gasteiger partial charge < -0.3 is 4.57 Å². The summed E-state index contributed by atoms with van der Waals surface area (Å²) in [4.78, 5) is 4.06. The molecule has 1 N–H and O–H groups in total. The minimum atomic E-state index is -3.85. The molecule has 0 spiro atoms. The molecule has 0 bridgehead atoms. The van der Waals surface area contributed by atoms with Gasteiger partial charge in [-0.25, -0.2) is 22.5 Å². The molecule has 0 saturated heterocycles. The van der Waals surface area contributed by atoms with Crippen LogP contribution in [0.3, 0.4) is 0 Å². The summed E-state index contributed by atoms with van der Waals surface area (Å²) in [6.45, 7) is 1.98. The van der Waals surface area contributed by atoms with Crippen molar-refractivity contribution in [2.75, 3.05) is 4.72 Å². The number of hydrogen-bond acceptors (Lipinski definition) is 3. The van der Waals surface area contributed by atoms with Crippen molar-refractivity contribution < 1.29 is 12.8 Å². The van der Waals surface area contributed by atoms with Gasteiger partial charge in [-0.15, -0.1) is 0 Å². The summed E-state index contributed by atoms with van der Waals surface area (Å²) in [5, 5.41) is 0. The van der Waals surface area contributed by atoms with E-state index < -0.39 is 15.8 Å². The van der Waals surface area contributed by atoms with Crippen molar-refractivity contribution in [2.45, 2.75) is 18.4 Å². The Bertz CT molecular complexity index is 1000. The molecule has 0 aliphatic rings. The molecule has 0 unspecified atom stereocenters. The van der Waals surface area contributed by atoms with Gasteiger partial charge in [0.15, 0.2) is 0 Å². The molecule has 3 aromatic rings. The van der Waals surface area contributed by atoms with E-state index in [-0.39, 0.29) is 16.4 Å². The first-order valence-corrected chi connectivity index (χ1v) is 9.67. The van der Waals surface area contributed by atoms with Crippen LogP contribution in [0.1, 0.15) is 11.1 Å². The number of imidazole rings is 1. The summed E-state index contributed by atoms with van der Waals surface area (Å²) in [5.74, 6) is -0.249. The number of aryl methyl sites for hydroxylation is 1. The van der Waals surface area contributed by atoms with E-state index >= 15 is 0 Å². The van der Waals surface area contributed by atoms with E-state index in [4.69, 9.17) is 0 Å². The quantitative estimate of drug-likeness (QED) is 0.675. The van der Waals surface area contributed by atoms with Crippen molar-refractivity contribution in [2.24, 2.45) is 0 Å². The van der Waals surface area contributed by atoms with Gasteiger partial charge in [0, 0.05) is 16.9 Å². The van der Waals surface area contributed by atoms with Crippen LogP contribution >= 0.6 is 15.9 Å². The maximum Gasteiger partial charge on any atom is 0.264 e. The van der Waals surface area contributed by atoms with Gasteiger partial charge in [-0.05, 0) is 48.4 Å². The van der Waals surface area contributed by atoms with Gasteiger partial charge in [0.1, 0.15) is 5.82 Å². The Balaban J connectivity index is 1.84. The smallest absolute Gasteiger partial charge is 0.264 e. The van der Waals surface area contributed by atoms with E-state index in [9.17, 15) is 12.8 Å². The van der Waals surface area contributed by atoms with Crippen LogP contribution in [-0.4, -0.2) is 18.0 Å². The number of hydrogen-bond donors (Lipinski definition) is 1. The molecular weight excluding hydrogens is 409 g/mol. The molecule has 0 radical (unpaired) electrons. The maximum atomic E-state index is 13.4. The highest BCUT2D eigenvalue weighted by molar-refractivity contribution is 9.10. The second-order valence-corrected chi connectivity index (χ2v) is 8.12. The number of nitrogens with one attached hydrogen (secondary N) is 1. The standard InChI is InChI=1S/C17H15BrFN3O2S/c1-12-10-15(6-7-16(12)19)25(23,24)21-17-20-8-9-22(17)11-13-2-4-14(18)5-3-13/h2-10H,11H2,1H3,(H,20,21). The van der Waals surface area contributed by atoms with Gasteiger partial charge in [0.05, 0.1) is 11.4 Å². The Kier molecular flexibility index (Phi) is 4.91. The average molecular weight is 424 g/mol. The van der Waals surface area contributed by atoms with Gasteiger partial charge in [0.2, 0.25) is 5.95 Å². The van der Waals surface area contributed by atoms with Crippen LogP contribution in [0.4, 0.5) is 10.3 Å². The molecule has 130 valence electrons. The van der Waals surface area contributed by atoms with Crippen molar-refractivity contribution in [3.63, 3.8) is 0 Å². The molecule has 0 aliphatic carbocycles. The Morgan fingerprint density at radius 1 is 1.20 bits per heavy atom. The van der Waals surface area contributed by atoms with Crippen molar-refractivity contribution in [3.8, 4) is 0 Å². The lowest BCUT2D eigenvalue weighted by molar-refractivity contribution is 0.597. The van der Waals surface area contributed by atoms with E-state index in [0.717, 1.165) is 16.1 Å². The van der Waals surface area contributed by atoms with Crippen molar-refractivity contribution in [1.29, 1.82) is 0 Å². The monoisotopic (exact) mass is 423 g/mol. The summed E-state index contributed by atoms with van der Waals surface area (Å²) >= 11 is 3.38. The molecular formula is C17H15BrFN3O2S. The number of nitrogens with zero attached hydrogens (tertiary/aromatic N) is 2. The van der Waals surface area contributed by atoms with Gasteiger partial charge in [-0.1, -0.05) is 28.1 Å². The highest BCUT2D eigenvalue weighted by Gasteiger charge is 2.18. The van der Waals surface area contributed by atoms with E-state index in [1.807, 2.05) is 24.3 Å². The van der Waals surface area contributed by atoms with Crippen LogP contribution in [0.15, 0.2) is 64.2 Å². The third-order valence-corrected chi connectivity index (χ3v) is 5.50. The highest BCUT2D eigenvalue weighted by Crippen LogP contribution is 2.19. The molecule has 8 heteroatoms. The lowest BCUT2D eigenvalue weighted by atomic mass is 10.2. The molecule has 0 amide bonds. The lowest BCUT2D eigenvalue weighted by Gasteiger charge is -2.11. The molecule has 0 atom stereocenters. The van der Waals surface area contributed by atoms with Gasteiger partial charge in [-0.3, -0.25) is 0 Å². The molecule has 25 heavy (non-hydrogen) atoms. The van der Waals surface area contributed by atoms with Crippen LogP contribution in [0, 0.1) is 12.7 Å². The second-order valence-electron chi connectivity index (χ2n) is 5.52. The zero-order chi connectivity index (χ0) is 18.0. The van der Waals surface area contributed by atoms with Gasteiger partial charge in [-0.2, -0.15) is 0 Å². The minimum absolute atomic E-state index is 0.00964. The van der Waals surface area contributed by atoms with Crippen molar-refractivity contribution >= 4 is 31.9 Å². The van der Waals surface area contributed by atoms with E-state index in [2.05, 4.69) is 25.6 Å². The van der Waals surface area contributed by atoms with Crippen LogP contribution < -0.4 is 4.72 Å². The SMILES string of the molecule is Cc1cc(S(=O)(=O)Nc2nccn2Cc2ccc(Br)cc2)ccc1F. The summed E-state index contributed by atoms with van der Waals surface area (Å²) in [7, 11) is -3.85. The largest absolute Gasteiger partial charge is 0.312 e.